The molecule has 7 nitrogen and oxygen atoms in total. The van der Waals surface area contributed by atoms with Gasteiger partial charge in [-0.25, -0.2) is 8.42 Å². The van der Waals surface area contributed by atoms with E-state index >= 15 is 0 Å². The Balaban J connectivity index is 1.46. The Morgan fingerprint density at radius 3 is 2.48 bits per heavy atom. The number of sulfonamides is 1. The van der Waals surface area contributed by atoms with Gasteiger partial charge in [0.2, 0.25) is 10.0 Å². The predicted molar refractivity (Wildman–Crippen MR) is 91.7 cm³/mol. The number of benzene rings is 1. The van der Waals surface area contributed by atoms with E-state index in [4.69, 9.17) is 0 Å². The zero-order valence-electron chi connectivity index (χ0n) is 13.8. The molecule has 25 heavy (non-hydrogen) atoms. The van der Waals surface area contributed by atoms with Crippen LogP contribution in [0.25, 0.3) is 0 Å². The Labute approximate surface area is 146 Å². The van der Waals surface area contributed by atoms with Crippen LogP contribution in [-0.4, -0.2) is 59.9 Å². The summed E-state index contributed by atoms with van der Waals surface area (Å²) in [7, 11) is -3.50. The minimum Gasteiger partial charge on any atom is -0.335 e. The quantitative estimate of drug-likeness (QED) is 0.886. The smallest absolute Gasteiger partial charge is 0.274 e. The number of hydrogen-bond donors (Lipinski definition) is 1. The molecule has 132 valence electrons. The third-order valence-electron chi connectivity index (χ3n) is 4.92. The minimum absolute atomic E-state index is 0.101. The molecule has 8 heteroatoms. The van der Waals surface area contributed by atoms with Crippen molar-refractivity contribution in [3.63, 3.8) is 0 Å². The Bertz CT molecular complexity index is 884. The molecular formula is C17H20N4O3S. The third-order valence-corrected chi connectivity index (χ3v) is 6.83. The molecule has 0 bridgehead atoms. The number of amides is 1. The summed E-state index contributed by atoms with van der Waals surface area (Å²) in [4.78, 5) is 14.7. The second-order valence-corrected chi connectivity index (χ2v) is 8.33. The van der Waals surface area contributed by atoms with Crippen molar-refractivity contribution in [2.75, 3.05) is 26.2 Å². The van der Waals surface area contributed by atoms with Gasteiger partial charge in [0.1, 0.15) is 0 Å². The van der Waals surface area contributed by atoms with Gasteiger partial charge in [0.05, 0.1) is 4.90 Å². The number of nitrogens with one attached hydrogen (secondary N) is 1. The van der Waals surface area contributed by atoms with E-state index in [1.807, 2.05) is 0 Å². The van der Waals surface area contributed by atoms with Crippen molar-refractivity contribution in [2.45, 2.75) is 24.2 Å². The Kier molecular flexibility index (Phi) is 4.09. The standard InChI is InChI=1S/C17H20N4O3S/c22-17(16-14-7-4-8-15(14)18-19-16)20-9-11-21(12-10-20)25(23,24)13-5-2-1-3-6-13/h1-3,5-6H,4,7-12H2,(H,18,19). The largest absolute Gasteiger partial charge is 0.335 e. The van der Waals surface area contributed by atoms with E-state index in [1.54, 1.807) is 35.2 Å². The van der Waals surface area contributed by atoms with Gasteiger partial charge in [-0.1, -0.05) is 18.2 Å². The zero-order valence-corrected chi connectivity index (χ0v) is 14.6. The first-order valence-electron chi connectivity index (χ1n) is 8.48. The lowest BCUT2D eigenvalue weighted by atomic mass is 10.2. The number of carbonyl (C=O) groups excluding carboxylic acids is 1. The van der Waals surface area contributed by atoms with Crippen molar-refractivity contribution in [1.29, 1.82) is 0 Å². The molecule has 1 fully saturated rings. The Morgan fingerprint density at radius 2 is 1.76 bits per heavy atom. The van der Waals surface area contributed by atoms with Crippen LogP contribution in [0.5, 0.6) is 0 Å². The van der Waals surface area contributed by atoms with Crippen molar-refractivity contribution in [2.24, 2.45) is 0 Å². The highest BCUT2D eigenvalue weighted by molar-refractivity contribution is 7.89. The maximum absolute atomic E-state index is 12.7. The van der Waals surface area contributed by atoms with Gasteiger partial charge < -0.3 is 4.90 Å². The number of aromatic nitrogens is 2. The number of aryl methyl sites for hydroxylation is 1. The van der Waals surface area contributed by atoms with Crippen LogP contribution in [0.1, 0.15) is 28.2 Å². The lowest BCUT2D eigenvalue weighted by Crippen LogP contribution is -2.50. The van der Waals surface area contributed by atoms with Crippen LogP contribution in [0, 0.1) is 0 Å². The van der Waals surface area contributed by atoms with Crippen LogP contribution in [0.2, 0.25) is 0 Å². The van der Waals surface area contributed by atoms with E-state index in [2.05, 4.69) is 10.2 Å². The molecule has 1 aliphatic carbocycles. The minimum atomic E-state index is -3.50. The monoisotopic (exact) mass is 360 g/mol. The van der Waals surface area contributed by atoms with Gasteiger partial charge in [-0.05, 0) is 31.4 Å². The number of nitrogens with zero attached hydrogens (tertiary/aromatic N) is 3. The number of fused-ring (bicyclic) bond motifs is 1. The van der Waals surface area contributed by atoms with Crippen molar-refractivity contribution >= 4 is 15.9 Å². The summed E-state index contributed by atoms with van der Waals surface area (Å²) in [6.45, 7) is 1.37. The summed E-state index contributed by atoms with van der Waals surface area (Å²) in [6, 6.07) is 8.41. The lowest BCUT2D eigenvalue weighted by Gasteiger charge is -2.33. The molecular weight excluding hydrogens is 340 g/mol. The molecule has 0 atom stereocenters. The SMILES string of the molecule is O=C(c1n[nH]c2c1CCC2)N1CCN(S(=O)(=O)c2ccccc2)CC1. The van der Waals surface area contributed by atoms with Crippen molar-refractivity contribution in [3.8, 4) is 0 Å². The normalized spacial score (nSPS) is 18.3. The molecule has 1 aromatic carbocycles. The van der Waals surface area contributed by atoms with Gasteiger partial charge in [0, 0.05) is 37.4 Å². The number of carbonyl (C=O) groups is 1. The molecule has 1 aliphatic heterocycles. The van der Waals surface area contributed by atoms with Crippen LogP contribution < -0.4 is 0 Å². The molecule has 0 radical (unpaired) electrons. The molecule has 1 amide bonds. The summed E-state index contributed by atoms with van der Waals surface area (Å²) >= 11 is 0. The van der Waals surface area contributed by atoms with Crippen LogP contribution in [-0.2, 0) is 22.9 Å². The maximum Gasteiger partial charge on any atom is 0.274 e. The fourth-order valence-electron chi connectivity index (χ4n) is 3.52. The van der Waals surface area contributed by atoms with E-state index < -0.39 is 10.0 Å². The summed E-state index contributed by atoms with van der Waals surface area (Å²) in [5, 5.41) is 7.14. The number of rotatable bonds is 3. The highest BCUT2D eigenvalue weighted by Crippen LogP contribution is 2.24. The second-order valence-electron chi connectivity index (χ2n) is 6.39. The average molecular weight is 360 g/mol. The number of hydrogen-bond acceptors (Lipinski definition) is 4. The van der Waals surface area contributed by atoms with Crippen molar-refractivity contribution in [1.82, 2.24) is 19.4 Å². The lowest BCUT2D eigenvalue weighted by molar-refractivity contribution is 0.0691. The second kappa shape index (κ2) is 6.27. The molecule has 0 unspecified atom stereocenters. The summed E-state index contributed by atoms with van der Waals surface area (Å²) in [5.41, 5.74) is 2.60. The van der Waals surface area contributed by atoms with E-state index in [-0.39, 0.29) is 5.91 Å². The first kappa shape index (κ1) is 16.3. The molecule has 1 aromatic heterocycles. The summed E-state index contributed by atoms with van der Waals surface area (Å²) in [6.07, 6.45) is 2.88. The highest BCUT2D eigenvalue weighted by atomic mass is 32.2. The third kappa shape index (κ3) is 2.85. The van der Waals surface area contributed by atoms with Gasteiger partial charge in [-0.15, -0.1) is 0 Å². The van der Waals surface area contributed by atoms with Gasteiger partial charge in [-0.3, -0.25) is 9.89 Å². The predicted octanol–water partition coefficient (Wildman–Crippen LogP) is 1.05. The van der Waals surface area contributed by atoms with E-state index in [0.29, 0.717) is 36.8 Å². The number of piperazine rings is 1. The average Bonchev–Trinajstić information content (AvgIpc) is 3.25. The first-order chi connectivity index (χ1) is 12.1. The topological polar surface area (TPSA) is 86.4 Å². The van der Waals surface area contributed by atoms with Gasteiger partial charge in [0.15, 0.2) is 5.69 Å². The molecule has 0 spiro atoms. The summed E-state index contributed by atoms with van der Waals surface area (Å²) in [5.74, 6) is -0.101. The molecule has 0 saturated carbocycles. The highest BCUT2D eigenvalue weighted by Gasteiger charge is 2.32. The van der Waals surface area contributed by atoms with Crippen molar-refractivity contribution < 1.29 is 13.2 Å². The fraction of sp³-hybridized carbons (Fsp3) is 0.412. The molecule has 4 rings (SSSR count). The van der Waals surface area contributed by atoms with Crippen molar-refractivity contribution in [3.05, 3.63) is 47.3 Å². The zero-order chi connectivity index (χ0) is 17.4. The van der Waals surface area contributed by atoms with Gasteiger partial charge in [-0.2, -0.15) is 9.40 Å². The van der Waals surface area contributed by atoms with Gasteiger partial charge >= 0.3 is 0 Å². The molecule has 2 aromatic rings. The van der Waals surface area contributed by atoms with Crippen LogP contribution in [0.15, 0.2) is 35.2 Å². The molecule has 1 saturated heterocycles. The Hall–Kier alpha value is -2.19. The fourth-order valence-corrected chi connectivity index (χ4v) is 4.96. The van der Waals surface area contributed by atoms with Gasteiger partial charge in [0.25, 0.3) is 5.91 Å². The van der Waals surface area contributed by atoms with Crippen LogP contribution in [0.4, 0.5) is 0 Å². The molecule has 1 N–H and O–H groups in total. The number of H-pyrrole nitrogens is 1. The molecule has 2 aliphatic rings. The van der Waals surface area contributed by atoms with E-state index in [1.165, 1.54) is 4.31 Å². The van der Waals surface area contributed by atoms with E-state index in [9.17, 15) is 13.2 Å². The molecule has 2 heterocycles. The summed E-state index contributed by atoms with van der Waals surface area (Å²) < 4.78 is 26.7. The Morgan fingerprint density at radius 1 is 1.04 bits per heavy atom. The maximum atomic E-state index is 12.7. The van der Waals surface area contributed by atoms with Crippen LogP contribution >= 0.6 is 0 Å². The first-order valence-corrected chi connectivity index (χ1v) is 9.92. The number of aromatic amines is 1. The van der Waals surface area contributed by atoms with Crippen LogP contribution in [0.3, 0.4) is 0 Å². The van der Waals surface area contributed by atoms with E-state index in [0.717, 1.165) is 30.5 Å².